The lowest BCUT2D eigenvalue weighted by molar-refractivity contribution is 0.460. The van der Waals surface area contributed by atoms with Gasteiger partial charge in [-0.1, -0.05) is 36.6 Å². The van der Waals surface area contributed by atoms with Crippen molar-refractivity contribution in [3.8, 4) is 0 Å². The molecule has 2 rings (SSSR count). The second-order valence-corrected chi connectivity index (χ2v) is 4.66. The fourth-order valence-electron chi connectivity index (χ4n) is 1.88. The van der Waals surface area contributed by atoms with E-state index in [9.17, 15) is 4.79 Å². The lowest BCUT2D eigenvalue weighted by Crippen LogP contribution is -2.03. The summed E-state index contributed by atoms with van der Waals surface area (Å²) in [5.41, 5.74) is 0.793. The van der Waals surface area contributed by atoms with Crippen molar-refractivity contribution in [2.24, 2.45) is 0 Å². The highest BCUT2D eigenvalue weighted by molar-refractivity contribution is 6.35. The van der Waals surface area contributed by atoms with E-state index in [1.165, 1.54) is 0 Å². The van der Waals surface area contributed by atoms with Gasteiger partial charge in [0.1, 0.15) is 5.76 Å². The second kappa shape index (κ2) is 4.92. The predicted octanol–water partition coefficient (Wildman–Crippen LogP) is 4.10. The summed E-state index contributed by atoms with van der Waals surface area (Å²) in [6.45, 7) is 4.08. The van der Waals surface area contributed by atoms with Crippen LogP contribution in [0.3, 0.4) is 0 Å². The van der Waals surface area contributed by atoms with Crippen molar-refractivity contribution in [3.05, 3.63) is 45.0 Å². The van der Waals surface area contributed by atoms with E-state index in [0.29, 0.717) is 22.6 Å². The van der Waals surface area contributed by atoms with Gasteiger partial charge in [-0.25, -0.2) is 4.79 Å². The molecule has 3 heteroatoms. The third kappa shape index (κ3) is 2.37. The molecule has 0 radical (unpaired) electrons. The Labute approximate surface area is 105 Å². The number of fused-ring (bicyclic) bond motifs is 1. The van der Waals surface area contributed by atoms with Crippen LogP contribution in [0.2, 0.25) is 5.02 Å². The topological polar surface area (TPSA) is 30.2 Å². The summed E-state index contributed by atoms with van der Waals surface area (Å²) < 4.78 is 5.28. The molecule has 0 atom stereocenters. The molecule has 0 saturated carbocycles. The van der Waals surface area contributed by atoms with E-state index in [1.807, 2.05) is 19.1 Å². The highest BCUT2D eigenvalue weighted by Gasteiger charge is 2.11. The summed E-state index contributed by atoms with van der Waals surface area (Å²) in [5, 5.41) is 1.94. The first-order chi connectivity index (χ1) is 8.13. The average molecular weight is 251 g/mol. The minimum atomic E-state index is -0.296. The van der Waals surface area contributed by atoms with E-state index >= 15 is 0 Å². The quantitative estimate of drug-likeness (QED) is 0.821. The molecule has 0 N–H and O–H groups in total. The molecule has 0 unspecified atom stereocenters. The Bertz CT molecular complexity index is 599. The summed E-state index contributed by atoms with van der Waals surface area (Å²) in [7, 11) is 0. The van der Waals surface area contributed by atoms with Crippen molar-refractivity contribution in [3.63, 3.8) is 0 Å². The van der Waals surface area contributed by atoms with Gasteiger partial charge in [-0.05, 0) is 25.5 Å². The van der Waals surface area contributed by atoms with Crippen molar-refractivity contribution < 1.29 is 4.42 Å². The summed E-state index contributed by atoms with van der Waals surface area (Å²) >= 11 is 6.29. The van der Waals surface area contributed by atoms with E-state index in [2.05, 4.69) is 6.92 Å². The van der Waals surface area contributed by atoms with Crippen LogP contribution in [0.15, 0.2) is 27.4 Å². The van der Waals surface area contributed by atoms with Crippen LogP contribution in [0.25, 0.3) is 10.8 Å². The number of unbranched alkanes of at least 4 members (excludes halogenated alkanes) is 1. The molecule has 17 heavy (non-hydrogen) atoms. The summed E-state index contributed by atoms with van der Waals surface area (Å²) in [5.74, 6) is 0.608. The van der Waals surface area contributed by atoms with Gasteiger partial charge in [-0.3, -0.25) is 0 Å². The Hall–Kier alpha value is -1.28. The highest BCUT2D eigenvalue weighted by Crippen LogP contribution is 2.26. The number of hydrogen-bond donors (Lipinski definition) is 0. The van der Waals surface area contributed by atoms with Crippen molar-refractivity contribution in [2.75, 3.05) is 0 Å². The van der Waals surface area contributed by atoms with Crippen LogP contribution >= 0.6 is 11.6 Å². The standard InChI is InChI=1S/C14H15ClO2/c1-3-4-5-12-13(15)11-8-9(2)6-7-10(11)14(16)17-12/h6-8H,3-5H2,1-2H3. The molecule has 90 valence electrons. The van der Waals surface area contributed by atoms with Gasteiger partial charge in [0.05, 0.1) is 10.4 Å². The lowest BCUT2D eigenvalue weighted by atomic mass is 10.1. The Balaban J connectivity index is 2.65. The largest absolute Gasteiger partial charge is 0.426 e. The SMILES string of the molecule is CCCCc1oc(=O)c2ccc(C)cc2c1Cl. The van der Waals surface area contributed by atoms with Crippen LogP contribution in [0.1, 0.15) is 31.1 Å². The Morgan fingerprint density at radius 2 is 2.06 bits per heavy atom. The molecular formula is C14H15ClO2. The van der Waals surface area contributed by atoms with Crippen LogP contribution in [0.5, 0.6) is 0 Å². The van der Waals surface area contributed by atoms with Gasteiger partial charge < -0.3 is 4.42 Å². The van der Waals surface area contributed by atoms with Crippen LogP contribution in [-0.2, 0) is 6.42 Å². The fraction of sp³-hybridized carbons (Fsp3) is 0.357. The summed E-state index contributed by atoms with van der Waals surface area (Å²) in [4.78, 5) is 11.8. The third-order valence-corrected chi connectivity index (χ3v) is 3.26. The van der Waals surface area contributed by atoms with Crippen molar-refractivity contribution in [1.29, 1.82) is 0 Å². The Morgan fingerprint density at radius 3 is 2.76 bits per heavy atom. The minimum absolute atomic E-state index is 0.296. The van der Waals surface area contributed by atoms with E-state index < -0.39 is 0 Å². The van der Waals surface area contributed by atoms with Crippen LogP contribution in [0, 0.1) is 6.92 Å². The molecule has 1 aromatic carbocycles. The van der Waals surface area contributed by atoms with Gasteiger partial charge in [0.15, 0.2) is 0 Å². The maximum Gasteiger partial charge on any atom is 0.343 e. The molecular weight excluding hydrogens is 236 g/mol. The molecule has 0 fully saturated rings. The molecule has 2 nitrogen and oxygen atoms in total. The van der Waals surface area contributed by atoms with Crippen LogP contribution in [-0.4, -0.2) is 0 Å². The zero-order valence-corrected chi connectivity index (χ0v) is 10.8. The summed E-state index contributed by atoms with van der Waals surface area (Å²) in [6, 6.07) is 5.59. The van der Waals surface area contributed by atoms with E-state index in [0.717, 1.165) is 23.8 Å². The van der Waals surface area contributed by atoms with E-state index in [4.69, 9.17) is 16.0 Å². The van der Waals surface area contributed by atoms with Gasteiger partial charge >= 0.3 is 5.63 Å². The zero-order chi connectivity index (χ0) is 12.4. The molecule has 0 spiro atoms. The van der Waals surface area contributed by atoms with Crippen molar-refractivity contribution in [1.82, 2.24) is 0 Å². The van der Waals surface area contributed by atoms with Gasteiger partial charge in [0.25, 0.3) is 0 Å². The first-order valence-electron chi connectivity index (χ1n) is 5.85. The maximum atomic E-state index is 11.8. The number of rotatable bonds is 3. The van der Waals surface area contributed by atoms with Crippen LogP contribution < -0.4 is 5.63 Å². The highest BCUT2D eigenvalue weighted by atomic mass is 35.5. The number of halogens is 1. The number of hydrogen-bond acceptors (Lipinski definition) is 2. The molecule has 2 aromatic rings. The van der Waals surface area contributed by atoms with Gasteiger partial charge in [-0.15, -0.1) is 0 Å². The second-order valence-electron chi connectivity index (χ2n) is 4.28. The molecule has 0 amide bonds. The van der Waals surface area contributed by atoms with Crippen LogP contribution in [0.4, 0.5) is 0 Å². The van der Waals surface area contributed by atoms with E-state index in [1.54, 1.807) is 6.07 Å². The zero-order valence-electron chi connectivity index (χ0n) is 10.0. The predicted molar refractivity (Wildman–Crippen MR) is 70.8 cm³/mol. The van der Waals surface area contributed by atoms with Gasteiger partial charge in [-0.2, -0.15) is 0 Å². The first kappa shape index (κ1) is 12.2. The maximum absolute atomic E-state index is 11.8. The van der Waals surface area contributed by atoms with Gasteiger partial charge in [0.2, 0.25) is 0 Å². The number of benzene rings is 1. The molecule has 0 aliphatic rings. The monoisotopic (exact) mass is 250 g/mol. The third-order valence-electron chi connectivity index (χ3n) is 2.85. The summed E-state index contributed by atoms with van der Waals surface area (Å²) in [6.07, 6.45) is 2.74. The average Bonchev–Trinajstić information content (AvgIpc) is 2.32. The molecule has 0 aliphatic carbocycles. The van der Waals surface area contributed by atoms with Crippen molar-refractivity contribution in [2.45, 2.75) is 33.1 Å². The number of aryl methyl sites for hydroxylation is 2. The molecule has 1 heterocycles. The Kier molecular flexibility index (Phi) is 3.53. The first-order valence-corrected chi connectivity index (χ1v) is 6.23. The molecule has 0 bridgehead atoms. The normalized spacial score (nSPS) is 11.0. The Morgan fingerprint density at radius 1 is 1.29 bits per heavy atom. The smallest absolute Gasteiger partial charge is 0.343 e. The lowest BCUT2D eigenvalue weighted by Gasteiger charge is -2.06. The molecule has 0 aliphatic heterocycles. The fourth-order valence-corrected chi connectivity index (χ4v) is 2.17. The minimum Gasteiger partial charge on any atom is -0.426 e. The van der Waals surface area contributed by atoms with Gasteiger partial charge in [0, 0.05) is 11.8 Å². The molecule has 1 aromatic heterocycles. The molecule has 0 saturated heterocycles. The van der Waals surface area contributed by atoms with Crippen molar-refractivity contribution >= 4 is 22.4 Å². The van der Waals surface area contributed by atoms with E-state index in [-0.39, 0.29) is 5.63 Å².